The van der Waals surface area contributed by atoms with Crippen LogP contribution < -0.4 is 0 Å². The van der Waals surface area contributed by atoms with Crippen LogP contribution in [0.4, 0.5) is 0 Å². The molecule has 0 aliphatic carbocycles. The topological polar surface area (TPSA) is 41.6 Å². The maximum atomic E-state index is 3.74. The molecule has 52 valence electrons. The van der Waals surface area contributed by atoms with E-state index in [-0.39, 0.29) is 0 Å². The molecule has 0 aliphatic rings. The Bertz CT molecular complexity index is 152. The molecule has 0 fully saturated rings. The third-order valence-corrected chi connectivity index (χ3v) is 1.28. The number of hydrogen-bond donors (Lipinski definition) is 1. The summed E-state index contributed by atoms with van der Waals surface area (Å²) in [5.74, 6) is 0. The van der Waals surface area contributed by atoms with Gasteiger partial charge < -0.3 is 4.98 Å². The lowest BCUT2D eigenvalue weighted by Gasteiger charge is -1.46. The molecule has 10 heavy (non-hydrogen) atoms. The Balaban J connectivity index is 0.0000001000. The van der Waals surface area contributed by atoms with Gasteiger partial charge in [0.05, 0.1) is 11.8 Å². The molecule has 0 saturated carbocycles. The molecule has 0 bridgehead atoms. The van der Waals surface area contributed by atoms with E-state index >= 15 is 0 Å². The van der Waals surface area contributed by atoms with Gasteiger partial charge in [0.2, 0.25) is 0 Å². The Morgan fingerprint density at radius 3 is 2.40 bits per heavy atom. The number of nitrogens with one attached hydrogen (secondary N) is 1. The predicted octanol–water partition coefficient (Wildman–Crippen LogP) is 1.55. The van der Waals surface area contributed by atoms with Gasteiger partial charge in [-0.3, -0.25) is 4.98 Å². The molecule has 3 nitrogen and oxygen atoms in total. The van der Waals surface area contributed by atoms with Crippen molar-refractivity contribution >= 4 is 11.3 Å². The quantitative estimate of drug-likeness (QED) is 0.624. The molecule has 2 aromatic heterocycles. The Kier molecular flexibility index (Phi) is 3.26. The fraction of sp³-hybridized carbons (Fsp3) is 0. The largest absolute Gasteiger partial charge is 0.351 e. The van der Waals surface area contributed by atoms with Crippen LogP contribution >= 0.6 is 11.3 Å². The molecule has 0 aromatic carbocycles. The lowest BCUT2D eigenvalue weighted by atomic mass is 11.0. The molecule has 2 aromatic rings. The van der Waals surface area contributed by atoms with Crippen molar-refractivity contribution in [2.75, 3.05) is 0 Å². The summed E-state index contributed by atoms with van der Waals surface area (Å²) in [7, 11) is 0. The highest BCUT2D eigenvalue weighted by Crippen LogP contribution is 1.85. The van der Waals surface area contributed by atoms with Crippen LogP contribution in [0.1, 0.15) is 0 Å². The minimum Gasteiger partial charge on any atom is -0.351 e. The highest BCUT2D eigenvalue weighted by Gasteiger charge is 1.59. The first-order chi connectivity index (χ1) is 5.00. The average molecular weight is 153 g/mol. The fourth-order valence-electron chi connectivity index (χ4n) is 0.391. The fourth-order valence-corrected chi connectivity index (χ4v) is 0.742. The first-order valence-corrected chi connectivity index (χ1v) is 3.69. The van der Waals surface area contributed by atoms with Gasteiger partial charge in [-0.25, -0.2) is 4.98 Å². The number of aromatic nitrogens is 3. The van der Waals surface area contributed by atoms with Crippen molar-refractivity contribution in [1.82, 2.24) is 15.0 Å². The van der Waals surface area contributed by atoms with E-state index in [0.29, 0.717) is 0 Å². The van der Waals surface area contributed by atoms with Gasteiger partial charge in [-0.1, -0.05) is 0 Å². The van der Waals surface area contributed by atoms with Gasteiger partial charge in [0.15, 0.2) is 0 Å². The lowest BCUT2D eigenvalue weighted by Crippen LogP contribution is -1.44. The molecule has 4 heteroatoms. The molecule has 0 saturated heterocycles. The van der Waals surface area contributed by atoms with Crippen molar-refractivity contribution in [3.8, 4) is 0 Å². The van der Waals surface area contributed by atoms with E-state index in [4.69, 9.17) is 0 Å². The van der Waals surface area contributed by atoms with Crippen molar-refractivity contribution in [3.63, 3.8) is 0 Å². The Labute approximate surface area is 62.8 Å². The van der Waals surface area contributed by atoms with Gasteiger partial charge in [-0.2, -0.15) is 0 Å². The van der Waals surface area contributed by atoms with E-state index in [2.05, 4.69) is 15.0 Å². The van der Waals surface area contributed by atoms with Crippen molar-refractivity contribution in [2.24, 2.45) is 0 Å². The van der Waals surface area contributed by atoms with E-state index in [1.54, 1.807) is 41.8 Å². The Morgan fingerprint density at radius 2 is 2.20 bits per heavy atom. The van der Waals surface area contributed by atoms with Crippen LogP contribution in [0.2, 0.25) is 0 Å². The summed E-state index contributed by atoms with van der Waals surface area (Å²) in [6, 6.07) is 0. The molecule has 0 radical (unpaired) electrons. The molecule has 0 amide bonds. The molecule has 1 N–H and O–H groups in total. The lowest BCUT2D eigenvalue weighted by molar-refractivity contribution is 1.31. The van der Waals surface area contributed by atoms with Gasteiger partial charge in [0, 0.05) is 24.0 Å². The van der Waals surface area contributed by atoms with Gasteiger partial charge in [-0.15, -0.1) is 11.3 Å². The zero-order chi connectivity index (χ0) is 7.07. The number of H-pyrrole nitrogens is 1. The molecule has 0 aliphatic heterocycles. The average Bonchev–Trinajstić information content (AvgIpc) is 2.67. The monoisotopic (exact) mass is 153 g/mol. The highest BCUT2D eigenvalue weighted by molar-refractivity contribution is 7.07. The number of aromatic amines is 1. The van der Waals surface area contributed by atoms with Crippen molar-refractivity contribution < 1.29 is 0 Å². The van der Waals surface area contributed by atoms with Crippen molar-refractivity contribution in [2.45, 2.75) is 0 Å². The molecule has 2 rings (SSSR count). The summed E-state index contributed by atoms with van der Waals surface area (Å²) in [4.78, 5) is 10.2. The van der Waals surface area contributed by atoms with Crippen LogP contribution in [0.3, 0.4) is 0 Å². The van der Waals surface area contributed by atoms with E-state index in [1.807, 2.05) is 5.38 Å². The molecular formula is C6H7N3S. The number of nitrogens with zero attached hydrogens (tertiary/aromatic N) is 2. The molecule has 2 heterocycles. The molecule has 0 unspecified atom stereocenters. The summed E-state index contributed by atoms with van der Waals surface area (Å²) in [6.45, 7) is 0. The SMILES string of the molecule is c1c[nH]cn1.c1cscn1. The van der Waals surface area contributed by atoms with Crippen molar-refractivity contribution in [1.29, 1.82) is 0 Å². The summed E-state index contributed by atoms with van der Waals surface area (Å²) < 4.78 is 0. The molecule has 0 spiro atoms. The van der Waals surface area contributed by atoms with E-state index < -0.39 is 0 Å². The second-order valence-electron chi connectivity index (χ2n) is 1.44. The first kappa shape index (κ1) is 6.95. The summed E-state index contributed by atoms with van der Waals surface area (Å²) in [6.07, 6.45) is 6.85. The number of thiazole rings is 1. The van der Waals surface area contributed by atoms with Gasteiger partial charge >= 0.3 is 0 Å². The minimum atomic E-state index is 1.60. The van der Waals surface area contributed by atoms with Gasteiger partial charge in [0.25, 0.3) is 0 Å². The number of imidazole rings is 1. The third-order valence-electron chi connectivity index (χ3n) is 0.753. The summed E-state index contributed by atoms with van der Waals surface area (Å²) >= 11 is 1.60. The second kappa shape index (κ2) is 4.69. The van der Waals surface area contributed by atoms with E-state index in [1.165, 1.54) is 0 Å². The smallest absolute Gasteiger partial charge is 0.0919 e. The van der Waals surface area contributed by atoms with E-state index in [0.717, 1.165) is 0 Å². The second-order valence-corrected chi connectivity index (χ2v) is 2.19. The van der Waals surface area contributed by atoms with Crippen LogP contribution in [0.5, 0.6) is 0 Å². The predicted molar refractivity (Wildman–Crippen MR) is 40.7 cm³/mol. The van der Waals surface area contributed by atoms with Crippen LogP contribution in [-0.2, 0) is 0 Å². The van der Waals surface area contributed by atoms with E-state index in [9.17, 15) is 0 Å². The van der Waals surface area contributed by atoms with Crippen LogP contribution in [-0.4, -0.2) is 15.0 Å². The minimum absolute atomic E-state index is 1.60. The van der Waals surface area contributed by atoms with Gasteiger partial charge in [0.1, 0.15) is 0 Å². The number of hydrogen-bond acceptors (Lipinski definition) is 3. The Hall–Kier alpha value is -1.16. The third kappa shape index (κ3) is 2.99. The normalized spacial score (nSPS) is 8.00. The van der Waals surface area contributed by atoms with Crippen LogP contribution in [0, 0.1) is 0 Å². The van der Waals surface area contributed by atoms with Gasteiger partial charge in [-0.05, 0) is 0 Å². The first-order valence-electron chi connectivity index (χ1n) is 2.75. The Morgan fingerprint density at radius 1 is 1.20 bits per heavy atom. The molecular weight excluding hydrogens is 146 g/mol. The molecule has 0 atom stereocenters. The summed E-state index contributed by atoms with van der Waals surface area (Å²) in [5.41, 5.74) is 1.79. The van der Waals surface area contributed by atoms with Crippen molar-refractivity contribution in [3.05, 3.63) is 35.8 Å². The maximum Gasteiger partial charge on any atom is 0.0919 e. The zero-order valence-corrected chi connectivity index (χ0v) is 6.08. The summed E-state index contributed by atoms with van der Waals surface area (Å²) in [5, 5.41) is 1.93. The van der Waals surface area contributed by atoms with Crippen LogP contribution in [0.25, 0.3) is 0 Å². The number of rotatable bonds is 0. The zero-order valence-electron chi connectivity index (χ0n) is 5.27. The van der Waals surface area contributed by atoms with Crippen LogP contribution in [0.15, 0.2) is 35.8 Å². The standard InChI is InChI=1S/C3H4N2.C3H3NS/c2*1-2-5-3-4-1/h1-3H,(H,4,5);1-3H. The highest BCUT2D eigenvalue weighted by atomic mass is 32.1. The maximum absolute atomic E-state index is 3.74.